The van der Waals surface area contributed by atoms with E-state index in [9.17, 15) is 14.7 Å². The monoisotopic (exact) mass is 503 g/mol. The Morgan fingerprint density at radius 2 is 1.89 bits per heavy atom. The molecule has 4 aliphatic rings. The zero-order chi connectivity index (χ0) is 26.3. The molecule has 2 fully saturated rings. The van der Waals surface area contributed by atoms with Crippen LogP contribution in [0.1, 0.15) is 82.4 Å². The fraction of sp³-hybridized carbons (Fsp3) is 0.484. The van der Waals surface area contributed by atoms with Crippen LogP contribution in [0.5, 0.6) is 0 Å². The van der Waals surface area contributed by atoms with Crippen LogP contribution in [0.4, 0.5) is 4.39 Å². The molecule has 37 heavy (non-hydrogen) atoms. The third-order valence-electron chi connectivity index (χ3n) is 9.45. The van der Waals surface area contributed by atoms with E-state index in [-0.39, 0.29) is 11.8 Å². The maximum Gasteiger partial charge on any atom is 0.317 e. The van der Waals surface area contributed by atoms with E-state index in [0.29, 0.717) is 17.7 Å². The first kappa shape index (κ1) is 24.2. The normalized spacial score (nSPS) is 27.2. The first-order valence-electron chi connectivity index (χ1n) is 13.4. The Morgan fingerprint density at radius 3 is 2.54 bits per heavy atom. The van der Waals surface area contributed by atoms with Crippen molar-refractivity contribution in [3.05, 3.63) is 64.1 Å². The van der Waals surface area contributed by atoms with E-state index in [1.54, 1.807) is 6.07 Å². The third kappa shape index (κ3) is 3.27. The minimum absolute atomic E-state index is 0.303. The highest BCUT2D eigenvalue weighted by Crippen LogP contribution is 2.64. The van der Waals surface area contributed by atoms with Crippen molar-refractivity contribution in [3.63, 3.8) is 0 Å². The maximum absolute atomic E-state index is 15.4. The lowest BCUT2D eigenvalue weighted by molar-refractivity contribution is -0.158. The van der Waals surface area contributed by atoms with Gasteiger partial charge in [0.2, 0.25) is 0 Å². The first-order valence-corrected chi connectivity index (χ1v) is 13.4. The van der Waals surface area contributed by atoms with Gasteiger partial charge in [0.15, 0.2) is 0 Å². The van der Waals surface area contributed by atoms with Gasteiger partial charge >= 0.3 is 11.9 Å². The van der Waals surface area contributed by atoms with Gasteiger partial charge in [0.1, 0.15) is 11.7 Å². The van der Waals surface area contributed by atoms with Crippen LogP contribution in [-0.2, 0) is 14.3 Å². The van der Waals surface area contributed by atoms with Crippen LogP contribution < -0.4 is 0 Å². The number of methoxy groups -OCH3 is 1. The highest BCUT2D eigenvalue weighted by Gasteiger charge is 2.60. The number of hydrogen-bond acceptors (Lipinski definition) is 3. The number of carboxylic acids is 1. The molecular formula is C31H34FNO4. The molecule has 3 atom stereocenters. The number of halogens is 1. The predicted octanol–water partition coefficient (Wildman–Crippen LogP) is 6.94. The number of esters is 1. The Balaban J connectivity index is 1.70. The lowest BCUT2D eigenvalue weighted by Gasteiger charge is -2.48. The predicted molar refractivity (Wildman–Crippen MR) is 141 cm³/mol. The van der Waals surface area contributed by atoms with Crippen LogP contribution in [-0.4, -0.2) is 28.7 Å². The van der Waals surface area contributed by atoms with E-state index in [1.807, 2.05) is 55.8 Å². The number of ether oxygens (including phenoxy) is 1. The van der Waals surface area contributed by atoms with Gasteiger partial charge in [0.25, 0.3) is 0 Å². The molecule has 1 unspecified atom stereocenters. The summed E-state index contributed by atoms with van der Waals surface area (Å²) < 4.78 is 22.6. The van der Waals surface area contributed by atoms with Crippen molar-refractivity contribution in [1.29, 1.82) is 0 Å². The fourth-order valence-electron chi connectivity index (χ4n) is 7.45. The van der Waals surface area contributed by atoms with E-state index < -0.39 is 28.6 Å². The van der Waals surface area contributed by atoms with Crippen molar-refractivity contribution in [2.45, 2.75) is 71.1 Å². The second-order valence-electron chi connectivity index (χ2n) is 12.1. The van der Waals surface area contributed by atoms with Gasteiger partial charge in [-0.2, -0.15) is 0 Å². The van der Waals surface area contributed by atoms with Gasteiger partial charge in [-0.25, -0.2) is 4.39 Å². The van der Waals surface area contributed by atoms with Crippen molar-refractivity contribution in [1.82, 2.24) is 4.57 Å². The molecule has 1 N–H and O–H groups in total. The Morgan fingerprint density at radius 1 is 1.16 bits per heavy atom. The molecule has 2 saturated carbocycles. The van der Waals surface area contributed by atoms with Gasteiger partial charge in [0, 0.05) is 23.2 Å². The molecule has 6 heteroatoms. The number of benzene rings is 1. The van der Waals surface area contributed by atoms with E-state index in [4.69, 9.17) is 4.74 Å². The number of hydrogen-bond donors (Lipinski definition) is 1. The molecule has 0 spiro atoms. The van der Waals surface area contributed by atoms with E-state index in [2.05, 4.69) is 0 Å². The molecule has 2 aromatic rings. The Bertz CT molecular complexity index is 1430. The second-order valence-corrected chi connectivity index (χ2v) is 12.1. The molecule has 0 radical (unpaired) electrons. The maximum atomic E-state index is 15.4. The fourth-order valence-corrected chi connectivity index (χ4v) is 7.45. The average molecular weight is 504 g/mol. The lowest BCUT2D eigenvalue weighted by Crippen LogP contribution is -2.49. The summed E-state index contributed by atoms with van der Waals surface area (Å²) in [5.41, 5.74) is 3.44. The molecule has 2 heterocycles. The number of nitrogens with zero attached hydrogens (tertiary/aromatic N) is 1. The van der Waals surface area contributed by atoms with Crippen molar-refractivity contribution in [2.75, 3.05) is 7.11 Å². The van der Waals surface area contributed by atoms with Crippen molar-refractivity contribution < 1.29 is 23.8 Å². The molecule has 1 aromatic carbocycles. The number of aliphatic carboxylic acids is 1. The van der Waals surface area contributed by atoms with E-state index in [1.165, 1.54) is 13.5 Å². The molecule has 6 rings (SSSR count). The first-order chi connectivity index (χ1) is 17.6. The van der Waals surface area contributed by atoms with Gasteiger partial charge in [-0.1, -0.05) is 58.3 Å². The molecule has 194 valence electrons. The number of fused-ring (bicyclic) bond motifs is 6. The molecule has 5 nitrogen and oxygen atoms in total. The molecule has 3 aliphatic carbocycles. The lowest BCUT2D eigenvalue weighted by atomic mass is 9.53. The molecule has 1 aliphatic heterocycles. The molecule has 0 amide bonds. The number of carboxylic acid groups (broad SMARTS) is 1. The number of carbonyl (C=O) groups is 2. The Hall–Kier alpha value is -3.15. The summed E-state index contributed by atoms with van der Waals surface area (Å²) in [5.74, 6) is -2.26. The van der Waals surface area contributed by atoms with Crippen LogP contribution in [0.15, 0.2) is 47.1 Å². The molecule has 0 bridgehead atoms. The quantitative estimate of drug-likeness (QED) is 0.461. The van der Waals surface area contributed by atoms with Gasteiger partial charge in [0.05, 0.1) is 18.0 Å². The van der Waals surface area contributed by atoms with E-state index in [0.717, 1.165) is 59.2 Å². The van der Waals surface area contributed by atoms with Crippen LogP contribution in [0.2, 0.25) is 0 Å². The van der Waals surface area contributed by atoms with Crippen molar-refractivity contribution in [2.24, 2.45) is 16.7 Å². The summed E-state index contributed by atoms with van der Waals surface area (Å²) >= 11 is 0. The van der Waals surface area contributed by atoms with Crippen LogP contribution in [0.3, 0.4) is 0 Å². The van der Waals surface area contributed by atoms with Crippen LogP contribution >= 0.6 is 0 Å². The summed E-state index contributed by atoms with van der Waals surface area (Å²) in [4.78, 5) is 26.0. The number of carbonyl (C=O) groups excluding carboxylic acids is 1. The van der Waals surface area contributed by atoms with E-state index >= 15 is 4.39 Å². The minimum atomic E-state index is -1.18. The highest BCUT2D eigenvalue weighted by atomic mass is 19.1. The Kier molecular flexibility index (Phi) is 5.35. The topological polar surface area (TPSA) is 68.5 Å². The number of aromatic nitrogens is 1. The van der Waals surface area contributed by atoms with Gasteiger partial charge in [-0.05, 0) is 65.0 Å². The largest absolute Gasteiger partial charge is 0.481 e. The summed E-state index contributed by atoms with van der Waals surface area (Å²) in [6.07, 6.45) is 11.9. The standard InChI is InChI=1S/C31H34FNO4/c1-30(2,3)31(29(35)36)14-8-11-19-24-21(25(24)28(34)37-4)16-33-23(26(19)31)15-20-22(32)13-12-18(27(20)33)17-9-6-5-7-10-17/h8,11-13,15-17,25-26H,5-7,9-10,14H2,1-4H3,(H,35,36)/t25?,26-,31+/m1/s1. The zero-order valence-corrected chi connectivity index (χ0v) is 21.9. The minimum Gasteiger partial charge on any atom is -0.481 e. The highest BCUT2D eigenvalue weighted by molar-refractivity contribution is 5.97. The van der Waals surface area contributed by atoms with Gasteiger partial charge in [-0.15, -0.1) is 0 Å². The van der Waals surface area contributed by atoms with Crippen molar-refractivity contribution in [3.8, 4) is 0 Å². The summed E-state index contributed by atoms with van der Waals surface area (Å²) in [7, 11) is 1.38. The third-order valence-corrected chi connectivity index (χ3v) is 9.45. The van der Waals surface area contributed by atoms with Crippen molar-refractivity contribution >= 4 is 29.0 Å². The smallest absolute Gasteiger partial charge is 0.317 e. The van der Waals surface area contributed by atoms with Crippen LogP contribution in [0.25, 0.3) is 17.1 Å². The summed E-state index contributed by atoms with van der Waals surface area (Å²) in [5, 5.41) is 11.4. The SMILES string of the molecule is COC(=O)C1C2=Cn3c(cc4c(F)ccc(C5CCCCC5)c43)[C@H]3C(=C21)C=CC[C@]3(C(=O)O)C(C)(C)C. The number of allylic oxidation sites excluding steroid dienone is 3. The zero-order valence-electron chi connectivity index (χ0n) is 21.9. The second kappa shape index (κ2) is 8.17. The molecule has 1 aromatic heterocycles. The van der Waals surface area contributed by atoms with Gasteiger partial charge < -0.3 is 14.4 Å². The summed E-state index contributed by atoms with van der Waals surface area (Å²) in [6.45, 7) is 5.90. The molecule has 0 saturated heterocycles. The number of rotatable bonds is 3. The Labute approximate surface area is 216 Å². The van der Waals surface area contributed by atoms with Gasteiger partial charge in [-0.3, -0.25) is 9.59 Å². The average Bonchev–Trinajstić information content (AvgIpc) is 3.49. The van der Waals surface area contributed by atoms with Crippen LogP contribution in [0, 0.1) is 22.6 Å². The molecular weight excluding hydrogens is 469 g/mol. The summed E-state index contributed by atoms with van der Waals surface area (Å²) in [6, 6.07) is 5.35.